The molecular formula is C9H9Cl2N3O2. The minimum atomic E-state index is -0.756. The second-order valence-electron chi connectivity index (χ2n) is 3.55. The lowest BCUT2D eigenvalue weighted by Crippen LogP contribution is -2.14. The third-order valence-corrected chi connectivity index (χ3v) is 3.22. The Labute approximate surface area is 102 Å². The van der Waals surface area contributed by atoms with Gasteiger partial charge in [-0.05, 0) is 6.42 Å². The maximum atomic E-state index is 11.5. The van der Waals surface area contributed by atoms with Gasteiger partial charge in [0.2, 0.25) is 0 Å². The van der Waals surface area contributed by atoms with Gasteiger partial charge in [-0.3, -0.25) is 0 Å². The van der Waals surface area contributed by atoms with Gasteiger partial charge in [-0.2, -0.15) is 0 Å². The molecule has 5 nitrogen and oxygen atoms in total. The Balaban J connectivity index is 1.92. The molecule has 0 spiro atoms. The van der Waals surface area contributed by atoms with Crippen molar-refractivity contribution in [1.29, 1.82) is 0 Å². The van der Waals surface area contributed by atoms with Crippen LogP contribution in [0.3, 0.4) is 0 Å². The van der Waals surface area contributed by atoms with Gasteiger partial charge in [-0.1, -0.05) is 0 Å². The van der Waals surface area contributed by atoms with Crippen LogP contribution in [-0.4, -0.2) is 26.9 Å². The van der Waals surface area contributed by atoms with Gasteiger partial charge < -0.3 is 10.5 Å². The number of rotatable bonds is 3. The fraction of sp³-hybridized carbons (Fsp3) is 0.444. The molecular weight excluding hydrogens is 253 g/mol. The molecule has 7 heteroatoms. The average molecular weight is 262 g/mol. The molecule has 86 valence electrons. The average Bonchev–Trinajstić information content (AvgIpc) is 2.84. The highest BCUT2D eigenvalue weighted by Gasteiger charge is 2.52. The van der Waals surface area contributed by atoms with E-state index < -0.39 is 10.3 Å². The van der Waals surface area contributed by atoms with Crippen LogP contribution in [0.25, 0.3) is 0 Å². The van der Waals surface area contributed by atoms with Crippen molar-refractivity contribution in [2.24, 2.45) is 5.92 Å². The predicted octanol–water partition coefficient (Wildman–Crippen LogP) is 1.41. The van der Waals surface area contributed by atoms with Crippen LogP contribution in [0.2, 0.25) is 0 Å². The topological polar surface area (TPSA) is 78.1 Å². The van der Waals surface area contributed by atoms with Gasteiger partial charge in [0.25, 0.3) is 0 Å². The number of alkyl halides is 2. The molecule has 0 bridgehead atoms. The summed E-state index contributed by atoms with van der Waals surface area (Å²) in [5.41, 5.74) is 5.48. The first kappa shape index (κ1) is 11.4. The summed E-state index contributed by atoms with van der Waals surface area (Å²) in [5.74, 6) is -0.578. The highest BCUT2D eigenvalue weighted by molar-refractivity contribution is 6.50. The van der Waals surface area contributed by atoms with Crippen LogP contribution in [0.15, 0.2) is 12.4 Å². The van der Waals surface area contributed by atoms with Gasteiger partial charge in [0.05, 0.1) is 6.61 Å². The third kappa shape index (κ3) is 2.36. The number of carbonyl (C=O) groups excluding carboxylic acids is 1. The van der Waals surface area contributed by atoms with Crippen molar-refractivity contribution in [2.45, 2.75) is 10.8 Å². The van der Waals surface area contributed by atoms with Crippen molar-refractivity contribution in [3.8, 4) is 0 Å². The fourth-order valence-electron chi connectivity index (χ4n) is 1.20. The first-order chi connectivity index (χ1) is 7.50. The number of nitrogens with zero attached hydrogens (tertiary/aromatic N) is 2. The van der Waals surface area contributed by atoms with Crippen LogP contribution in [0.4, 0.5) is 5.82 Å². The molecule has 1 atom stereocenters. The number of hydrogen-bond donors (Lipinski definition) is 1. The van der Waals surface area contributed by atoms with Crippen LogP contribution >= 0.6 is 23.2 Å². The lowest BCUT2D eigenvalue weighted by molar-refractivity contribution is 0.0479. The van der Waals surface area contributed by atoms with Crippen molar-refractivity contribution >= 4 is 35.0 Å². The second-order valence-corrected chi connectivity index (χ2v) is 5.09. The molecule has 1 aromatic rings. The molecule has 1 aliphatic carbocycles. The van der Waals surface area contributed by atoms with Gasteiger partial charge in [0.1, 0.15) is 4.33 Å². The lowest BCUT2D eigenvalue weighted by Gasteiger charge is -2.05. The van der Waals surface area contributed by atoms with E-state index in [0.717, 1.165) is 0 Å². The van der Waals surface area contributed by atoms with Crippen LogP contribution in [0, 0.1) is 5.92 Å². The summed E-state index contributed by atoms with van der Waals surface area (Å²) in [6.07, 6.45) is 3.40. The molecule has 0 saturated heterocycles. The second kappa shape index (κ2) is 4.07. The monoisotopic (exact) mass is 261 g/mol. The number of hydrogen-bond acceptors (Lipinski definition) is 5. The molecule has 0 aliphatic heterocycles. The highest BCUT2D eigenvalue weighted by Crippen LogP contribution is 2.53. The van der Waals surface area contributed by atoms with E-state index in [-0.39, 0.29) is 24.0 Å². The number of nitrogen functional groups attached to an aromatic ring is 1. The zero-order valence-corrected chi connectivity index (χ0v) is 9.70. The molecule has 0 amide bonds. The Bertz CT molecular complexity index is 425. The molecule has 0 aromatic carbocycles. The van der Waals surface area contributed by atoms with Crippen LogP contribution in [0.1, 0.15) is 16.9 Å². The third-order valence-electron chi connectivity index (χ3n) is 2.29. The van der Waals surface area contributed by atoms with E-state index in [9.17, 15) is 4.79 Å². The summed E-state index contributed by atoms with van der Waals surface area (Å²) in [4.78, 5) is 19.0. The summed E-state index contributed by atoms with van der Waals surface area (Å²) in [6.45, 7) is 0.168. The summed E-state index contributed by atoms with van der Waals surface area (Å²) in [6, 6.07) is 0. The van der Waals surface area contributed by atoms with Crippen molar-refractivity contribution < 1.29 is 9.53 Å². The van der Waals surface area contributed by atoms with Gasteiger partial charge in [-0.25, -0.2) is 14.8 Å². The number of ether oxygens (including phenoxy) is 1. The van der Waals surface area contributed by atoms with E-state index in [1.165, 1.54) is 12.4 Å². The highest BCUT2D eigenvalue weighted by atomic mass is 35.5. The SMILES string of the molecule is Nc1nccnc1C(=O)OCC1CC1(Cl)Cl. The minimum Gasteiger partial charge on any atom is -0.460 e. The molecule has 1 saturated carbocycles. The first-order valence-corrected chi connectivity index (χ1v) is 5.38. The minimum absolute atomic E-state index is 0.0119. The Morgan fingerprint density at radius 2 is 2.19 bits per heavy atom. The summed E-state index contributed by atoms with van der Waals surface area (Å²) in [5, 5.41) is 0. The van der Waals surface area contributed by atoms with Crippen LogP contribution in [-0.2, 0) is 4.74 Å². The first-order valence-electron chi connectivity index (χ1n) is 4.62. The Hall–Kier alpha value is -1.07. The van der Waals surface area contributed by atoms with Crippen molar-refractivity contribution in [2.75, 3.05) is 12.3 Å². The van der Waals surface area contributed by atoms with E-state index in [2.05, 4.69) is 9.97 Å². The molecule has 1 heterocycles. The van der Waals surface area contributed by atoms with Crippen molar-refractivity contribution in [3.05, 3.63) is 18.1 Å². The molecule has 2 N–H and O–H groups in total. The number of esters is 1. The predicted molar refractivity (Wildman–Crippen MR) is 59.3 cm³/mol. The standard InChI is InChI=1S/C9H9Cl2N3O2/c10-9(11)3-5(9)4-16-8(15)6-7(12)14-2-1-13-6/h1-2,5H,3-4H2,(H2,12,14). The Morgan fingerprint density at radius 1 is 1.56 bits per heavy atom. The van der Waals surface area contributed by atoms with Crippen molar-refractivity contribution in [1.82, 2.24) is 9.97 Å². The zero-order chi connectivity index (χ0) is 11.8. The van der Waals surface area contributed by atoms with Gasteiger partial charge >= 0.3 is 5.97 Å². The molecule has 1 fully saturated rings. The van der Waals surface area contributed by atoms with Gasteiger partial charge in [-0.15, -0.1) is 23.2 Å². The van der Waals surface area contributed by atoms with Crippen LogP contribution in [0.5, 0.6) is 0 Å². The quantitative estimate of drug-likeness (QED) is 0.658. The Kier molecular flexibility index (Phi) is 2.90. The van der Waals surface area contributed by atoms with E-state index in [0.29, 0.717) is 6.42 Å². The molecule has 16 heavy (non-hydrogen) atoms. The number of aromatic nitrogens is 2. The number of halogens is 2. The summed E-state index contributed by atoms with van der Waals surface area (Å²) < 4.78 is 4.22. The maximum absolute atomic E-state index is 11.5. The van der Waals surface area contributed by atoms with E-state index >= 15 is 0 Å². The van der Waals surface area contributed by atoms with Crippen LogP contribution < -0.4 is 5.73 Å². The lowest BCUT2D eigenvalue weighted by atomic mass is 10.4. The molecule has 1 aliphatic rings. The van der Waals surface area contributed by atoms with E-state index in [4.69, 9.17) is 33.7 Å². The molecule has 1 unspecified atom stereocenters. The largest absolute Gasteiger partial charge is 0.460 e. The van der Waals surface area contributed by atoms with Gasteiger partial charge in [0.15, 0.2) is 11.5 Å². The summed E-state index contributed by atoms with van der Waals surface area (Å²) >= 11 is 11.6. The zero-order valence-electron chi connectivity index (χ0n) is 8.19. The smallest absolute Gasteiger partial charge is 0.360 e. The maximum Gasteiger partial charge on any atom is 0.360 e. The van der Waals surface area contributed by atoms with Gasteiger partial charge in [0, 0.05) is 18.3 Å². The molecule has 1 aromatic heterocycles. The normalized spacial score (nSPS) is 21.5. The van der Waals surface area contributed by atoms with E-state index in [1.54, 1.807) is 0 Å². The number of carbonyl (C=O) groups is 1. The molecule has 2 rings (SSSR count). The number of anilines is 1. The van der Waals surface area contributed by atoms with E-state index in [1.807, 2.05) is 0 Å². The molecule has 0 radical (unpaired) electrons. The number of nitrogens with two attached hydrogens (primary N) is 1. The fourth-order valence-corrected chi connectivity index (χ4v) is 1.70. The summed E-state index contributed by atoms with van der Waals surface area (Å²) in [7, 11) is 0. The Morgan fingerprint density at radius 3 is 2.75 bits per heavy atom. The van der Waals surface area contributed by atoms with Crippen molar-refractivity contribution in [3.63, 3.8) is 0 Å².